The Morgan fingerprint density at radius 1 is 1.44 bits per heavy atom. The predicted molar refractivity (Wildman–Crippen MR) is 65.2 cm³/mol. The highest BCUT2D eigenvalue weighted by molar-refractivity contribution is 5.80. The minimum atomic E-state index is 0.244. The molecule has 0 saturated heterocycles. The highest BCUT2D eigenvalue weighted by Crippen LogP contribution is 2.26. The van der Waals surface area contributed by atoms with Crippen molar-refractivity contribution in [1.82, 2.24) is 9.88 Å². The van der Waals surface area contributed by atoms with Crippen LogP contribution in [0.2, 0.25) is 0 Å². The van der Waals surface area contributed by atoms with Gasteiger partial charge in [0.15, 0.2) is 5.96 Å². The summed E-state index contributed by atoms with van der Waals surface area (Å²) in [6, 6.07) is 4.74. The van der Waals surface area contributed by atoms with Crippen LogP contribution in [0.4, 0.5) is 0 Å². The topological polar surface area (TPSA) is 54.5 Å². The first-order valence-electron chi connectivity index (χ1n) is 5.60. The molecule has 0 bridgehead atoms. The van der Waals surface area contributed by atoms with E-state index in [-0.39, 0.29) is 6.04 Å². The Kier molecular flexibility index (Phi) is 2.81. The van der Waals surface area contributed by atoms with Crippen LogP contribution >= 0.6 is 0 Å². The third-order valence-electron chi connectivity index (χ3n) is 2.90. The summed E-state index contributed by atoms with van der Waals surface area (Å²) in [5.74, 6) is 0.639. The van der Waals surface area contributed by atoms with Gasteiger partial charge in [0.05, 0.1) is 12.6 Å². The molecule has 0 saturated carbocycles. The number of nitrogens with two attached hydrogens (primary N) is 1. The van der Waals surface area contributed by atoms with Gasteiger partial charge in [-0.25, -0.2) is 0 Å². The number of pyridine rings is 1. The van der Waals surface area contributed by atoms with Crippen LogP contribution in [-0.4, -0.2) is 28.4 Å². The van der Waals surface area contributed by atoms with Gasteiger partial charge in [0, 0.05) is 17.9 Å². The molecule has 4 nitrogen and oxygen atoms in total. The highest BCUT2D eigenvalue weighted by atomic mass is 15.3. The highest BCUT2D eigenvalue weighted by Gasteiger charge is 2.29. The Balaban J connectivity index is 2.25. The molecule has 1 atom stereocenters. The lowest BCUT2D eigenvalue weighted by Crippen LogP contribution is -2.40. The minimum Gasteiger partial charge on any atom is -0.370 e. The minimum absolute atomic E-state index is 0.244. The molecule has 2 N–H and O–H groups in total. The summed E-state index contributed by atoms with van der Waals surface area (Å²) in [6.07, 6.45) is 1.92. The Morgan fingerprint density at radius 2 is 2.19 bits per heavy atom. The molecular formula is C12H18N4. The molecule has 1 unspecified atom stereocenters. The first-order chi connectivity index (χ1) is 7.59. The Labute approximate surface area is 96.2 Å². The summed E-state index contributed by atoms with van der Waals surface area (Å²) >= 11 is 0. The second kappa shape index (κ2) is 4.12. The van der Waals surface area contributed by atoms with Gasteiger partial charge in [-0.1, -0.05) is 6.07 Å². The first-order valence-corrected chi connectivity index (χ1v) is 5.60. The van der Waals surface area contributed by atoms with Crippen molar-refractivity contribution in [2.45, 2.75) is 32.9 Å². The normalized spacial score (nSPS) is 20.4. The molecule has 0 fully saturated rings. The Hall–Kier alpha value is -1.58. The van der Waals surface area contributed by atoms with Gasteiger partial charge in [-0.15, -0.1) is 0 Å². The quantitative estimate of drug-likeness (QED) is 0.817. The van der Waals surface area contributed by atoms with Crippen molar-refractivity contribution in [2.24, 2.45) is 10.7 Å². The van der Waals surface area contributed by atoms with Crippen molar-refractivity contribution >= 4 is 5.96 Å². The van der Waals surface area contributed by atoms with Crippen molar-refractivity contribution < 1.29 is 0 Å². The van der Waals surface area contributed by atoms with Gasteiger partial charge in [-0.05, 0) is 32.4 Å². The van der Waals surface area contributed by atoms with Crippen LogP contribution < -0.4 is 5.73 Å². The van der Waals surface area contributed by atoms with E-state index >= 15 is 0 Å². The van der Waals surface area contributed by atoms with Crippen molar-refractivity contribution in [3.05, 3.63) is 29.6 Å². The zero-order valence-electron chi connectivity index (χ0n) is 10.0. The Morgan fingerprint density at radius 3 is 2.75 bits per heavy atom. The fourth-order valence-corrected chi connectivity index (χ4v) is 2.08. The second-order valence-corrected chi connectivity index (χ2v) is 4.45. The number of nitrogens with zero attached hydrogens (tertiary/aromatic N) is 3. The summed E-state index contributed by atoms with van der Waals surface area (Å²) in [6.45, 7) is 6.98. The van der Waals surface area contributed by atoms with Crippen molar-refractivity contribution in [3.63, 3.8) is 0 Å². The molecule has 1 aliphatic rings. The molecule has 2 heterocycles. The van der Waals surface area contributed by atoms with Crippen LogP contribution in [0.25, 0.3) is 0 Å². The summed E-state index contributed by atoms with van der Waals surface area (Å²) in [5, 5.41) is 0. The van der Waals surface area contributed by atoms with Gasteiger partial charge in [-0.3, -0.25) is 9.98 Å². The van der Waals surface area contributed by atoms with E-state index in [1.807, 2.05) is 19.2 Å². The van der Waals surface area contributed by atoms with Crippen LogP contribution in [0.15, 0.2) is 23.3 Å². The monoisotopic (exact) mass is 218 g/mol. The lowest BCUT2D eigenvalue weighted by atomic mass is 10.1. The maximum Gasteiger partial charge on any atom is 0.192 e. The summed E-state index contributed by atoms with van der Waals surface area (Å²) in [5.41, 5.74) is 8.11. The summed E-state index contributed by atoms with van der Waals surface area (Å²) in [7, 11) is 0. The maximum atomic E-state index is 5.89. The molecular weight excluding hydrogens is 200 g/mol. The van der Waals surface area contributed by atoms with Gasteiger partial charge in [-0.2, -0.15) is 0 Å². The van der Waals surface area contributed by atoms with Crippen molar-refractivity contribution in [1.29, 1.82) is 0 Å². The van der Waals surface area contributed by atoms with E-state index in [0.29, 0.717) is 12.0 Å². The van der Waals surface area contributed by atoms with Crippen molar-refractivity contribution in [2.75, 3.05) is 6.54 Å². The van der Waals surface area contributed by atoms with Crippen LogP contribution in [0.3, 0.4) is 0 Å². The molecule has 1 aliphatic heterocycles. The third kappa shape index (κ3) is 1.87. The van der Waals surface area contributed by atoms with E-state index in [1.165, 1.54) is 5.56 Å². The summed E-state index contributed by atoms with van der Waals surface area (Å²) in [4.78, 5) is 10.8. The molecule has 0 aliphatic carbocycles. The molecule has 4 heteroatoms. The van der Waals surface area contributed by atoms with E-state index in [2.05, 4.69) is 34.8 Å². The molecule has 86 valence electrons. The number of hydrogen-bond acceptors (Lipinski definition) is 4. The number of guanidine groups is 1. The van der Waals surface area contributed by atoms with E-state index in [1.54, 1.807) is 0 Å². The number of rotatable bonds is 2. The molecule has 1 aromatic heterocycles. The van der Waals surface area contributed by atoms with Crippen LogP contribution in [-0.2, 0) is 0 Å². The molecule has 0 aromatic carbocycles. The number of aromatic nitrogens is 1. The average Bonchev–Trinajstić information content (AvgIpc) is 2.61. The maximum absolute atomic E-state index is 5.89. The first kappa shape index (κ1) is 10.9. The zero-order chi connectivity index (χ0) is 11.7. The van der Waals surface area contributed by atoms with Gasteiger partial charge in [0.2, 0.25) is 0 Å². The SMILES string of the molecule is Cc1ccc(C2CN=C(N)N2C(C)C)cn1. The second-order valence-electron chi connectivity index (χ2n) is 4.45. The fourth-order valence-electron chi connectivity index (χ4n) is 2.08. The van der Waals surface area contributed by atoms with E-state index in [4.69, 9.17) is 5.73 Å². The predicted octanol–water partition coefficient (Wildman–Crippen LogP) is 1.47. The molecule has 0 amide bonds. The van der Waals surface area contributed by atoms with Gasteiger partial charge in [0.1, 0.15) is 0 Å². The molecule has 2 rings (SSSR count). The van der Waals surface area contributed by atoms with Crippen LogP contribution in [0, 0.1) is 6.92 Å². The third-order valence-corrected chi connectivity index (χ3v) is 2.90. The van der Waals surface area contributed by atoms with Crippen LogP contribution in [0.1, 0.15) is 31.1 Å². The van der Waals surface area contributed by atoms with E-state index in [9.17, 15) is 0 Å². The standard InChI is InChI=1S/C12H18N4/c1-8(2)16-11(7-15-12(16)13)10-5-4-9(3)14-6-10/h4-6,8,11H,7H2,1-3H3,(H2,13,15). The fraction of sp³-hybridized carbons (Fsp3) is 0.500. The molecule has 0 radical (unpaired) electrons. The molecule has 16 heavy (non-hydrogen) atoms. The van der Waals surface area contributed by atoms with Crippen LogP contribution in [0.5, 0.6) is 0 Å². The molecule has 1 aromatic rings. The lowest BCUT2D eigenvalue weighted by Gasteiger charge is -2.30. The lowest BCUT2D eigenvalue weighted by molar-refractivity contribution is 0.290. The van der Waals surface area contributed by atoms with E-state index in [0.717, 1.165) is 12.2 Å². The molecule has 0 spiro atoms. The van der Waals surface area contributed by atoms with Gasteiger partial charge in [0.25, 0.3) is 0 Å². The number of hydrogen-bond donors (Lipinski definition) is 1. The smallest absolute Gasteiger partial charge is 0.192 e. The van der Waals surface area contributed by atoms with Gasteiger partial charge >= 0.3 is 0 Å². The summed E-state index contributed by atoms with van der Waals surface area (Å²) < 4.78 is 0. The zero-order valence-corrected chi connectivity index (χ0v) is 10.0. The average molecular weight is 218 g/mol. The number of aryl methyl sites for hydroxylation is 1. The number of aliphatic imine (C=N–C) groups is 1. The Bertz CT molecular complexity index is 394. The van der Waals surface area contributed by atoms with E-state index < -0.39 is 0 Å². The van der Waals surface area contributed by atoms with Gasteiger partial charge < -0.3 is 10.6 Å². The van der Waals surface area contributed by atoms with Crippen molar-refractivity contribution in [3.8, 4) is 0 Å². The largest absolute Gasteiger partial charge is 0.370 e.